The van der Waals surface area contributed by atoms with E-state index in [9.17, 15) is 4.79 Å². The number of hydrogen-bond acceptors (Lipinski definition) is 5. The fourth-order valence-corrected chi connectivity index (χ4v) is 3.19. The number of thiophene rings is 1. The van der Waals surface area contributed by atoms with E-state index < -0.39 is 0 Å². The minimum Gasteiger partial charge on any atom is -0.465 e. The predicted octanol–water partition coefficient (Wildman–Crippen LogP) is 4.64. The lowest BCUT2D eigenvalue weighted by Crippen LogP contribution is -1.96. The third-order valence-corrected chi connectivity index (χ3v) is 4.56. The molecule has 3 rings (SSSR count). The number of methoxy groups -OCH3 is 1. The van der Waals surface area contributed by atoms with Crippen LogP contribution in [-0.2, 0) is 4.74 Å². The van der Waals surface area contributed by atoms with Crippen LogP contribution in [0.2, 0.25) is 0 Å². The molecule has 106 valence electrons. The van der Waals surface area contributed by atoms with Gasteiger partial charge < -0.3 is 9.47 Å². The number of carbonyl (C=O) groups excluding carboxylic acids is 1. The van der Waals surface area contributed by atoms with E-state index in [0.29, 0.717) is 16.4 Å². The minimum absolute atomic E-state index is 0.358. The molecule has 21 heavy (non-hydrogen) atoms. The van der Waals surface area contributed by atoms with Crippen LogP contribution in [0, 0.1) is 0 Å². The third-order valence-electron chi connectivity index (χ3n) is 2.85. The molecule has 0 aliphatic carbocycles. The molecule has 1 aromatic carbocycles. The molecule has 0 N–H and O–H groups in total. The molecule has 0 atom stereocenters. The van der Waals surface area contributed by atoms with E-state index >= 15 is 0 Å². The molecule has 0 spiro atoms. The maximum atomic E-state index is 11.6. The molecule has 0 saturated carbocycles. The van der Waals surface area contributed by atoms with Crippen molar-refractivity contribution in [1.29, 1.82) is 0 Å². The van der Waals surface area contributed by atoms with Crippen LogP contribution in [0.5, 0.6) is 11.5 Å². The number of ether oxygens (including phenoxy) is 2. The maximum absolute atomic E-state index is 11.6. The molecule has 0 amide bonds. The van der Waals surface area contributed by atoms with Gasteiger partial charge in [0.1, 0.15) is 10.6 Å². The summed E-state index contributed by atoms with van der Waals surface area (Å²) < 4.78 is 12.4. The zero-order chi connectivity index (χ0) is 14.8. The molecule has 6 heteroatoms. The standard InChI is InChI=1S/C15H10BrNO3S/c1-19-15(18)13-6-9-12(7-17-8-14(9)21-13)20-11-5-3-2-4-10(11)16/h2-8H,1H3. The van der Waals surface area contributed by atoms with Gasteiger partial charge in [-0.2, -0.15) is 0 Å². The van der Waals surface area contributed by atoms with E-state index in [0.717, 1.165) is 14.6 Å². The Morgan fingerprint density at radius 2 is 2.05 bits per heavy atom. The Morgan fingerprint density at radius 1 is 1.24 bits per heavy atom. The number of fused-ring (bicyclic) bond motifs is 1. The van der Waals surface area contributed by atoms with E-state index in [1.807, 2.05) is 24.3 Å². The first-order valence-corrected chi connectivity index (χ1v) is 7.68. The summed E-state index contributed by atoms with van der Waals surface area (Å²) in [6.07, 6.45) is 3.34. The smallest absolute Gasteiger partial charge is 0.348 e. The Hall–Kier alpha value is -1.92. The van der Waals surface area contributed by atoms with Crippen molar-refractivity contribution < 1.29 is 14.3 Å². The van der Waals surface area contributed by atoms with Gasteiger partial charge >= 0.3 is 5.97 Å². The summed E-state index contributed by atoms with van der Waals surface area (Å²) in [4.78, 5) is 16.3. The number of rotatable bonds is 3. The van der Waals surface area contributed by atoms with Crippen molar-refractivity contribution in [3.8, 4) is 11.5 Å². The zero-order valence-electron chi connectivity index (χ0n) is 11.0. The highest BCUT2D eigenvalue weighted by molar-refractivity contribution is 9.10. The van der Waals surface area contributed by atoms with Gasteiger partial charge in [-0.25, -0.2) is 4.79 Å². The summed E-state index contributed by atoms with van der Waals surface area (Å²) in [6.45, 7) is 0. The number of pyridine rings is 1. The van der Waals surface area contributed by atoms with E-state index in [2.05, 4.69) is 20.9 Å². The van der Waals surface area contributed by atoms with Crippen LogP contribution in [0.25, 0.3) is 10.1 Å². The van der Waals surface area contributed by atoms with E-state index in [4.69, 9.17) is 9.47 Å². The molecular formula is C15H10BrNO3S. The largest absolute Gasteiger partial charge is 0.465 e. The number of halogens is 1. The first-order valence-electron chi connectivity index (χ1n) is 6.07. The molecule has 2 aromatic heterocycles. The van der Waals surface area contributed by atoms with Gasteiger partial charge in [0, 0.05) is 11.6 Å². The van der Waals surface area contributed by atoms with Gasteiger partial charge in [-0.05, 0) is 34.1 Å². The monoisotopic (exact) mass is 363 g/mol. The van der Waals surface area contributed by atoms with Crippen molar-refractivity contribution >= 4 is 43.3 Å². The summed E-state index contributed by atoms with van der Waals surface area (Å²) in [7, 11) is 1.36. The number of benzene rings is 1. The Kier molecular flexibility index (Phi) is 3.90. The fourth-order valence-electron chi connectivity index (χ4n) is 1.86. The molecule has 0 radical (unpaired) electrons. The molecular weight excluding hydrogens is 354 g/mol. The molecule has 0 unspecified atom stereocenters. The van der Waals surface area contributed by atoms with Crippen molar-refractivity contribution in [3.05, 3.63) is 52.1 Å². The topological polar surface area (TPSA) is 48.4 Å². The second kappa shape index (κ2) is 5.83. The van der Waals surface area contributed by atoms with Crippen LogP contribution < -0.4 is 4.74 Å². The Labute approximate surface area is 133 Å². The quantitative estimate of drug-likeness (QED) is 0.636. The van der Waals surface area contributed by atoms with Gasteiger partial charge in [0.2, 0.25) is 0 Å². The third kappa shape index (κ3) is 2.77. The van der Waals surface area contributed by atoms with Crippen molar-refractivity contribution in [2.75, 3.05) is 7.11 Å². The number of esters is 1. The van der Waals surface area contributed by atoms with Crippen LogP contribution in [0.4, 0.5) is 0 Å². The Balaban J connectivity index is 2.05. The maximum Gasteiger partial charge on any atom is 0.348 e. The summed E-state index contributed by atoms with van der Waals surface area (Å²) in [5.74, 6) is 0.937. The number of aromatic nitrogens is 1. The van der Waals surface area contributed by atoms with E-state index in [1.54, 1.807) is 18.5 Å². The average molecular weight is 364 g/mol. The van der Waals surface area contributed by atoms with Gasteiger partial charge in [-0.1, -0.05) is 12.1 Å². The van der Waals surface area contributed by atoms with Crippen molar-refractivity contribution in [2.24, 2.45) is 0 Å². The summed E-state index contributed by atoms with van der Waals surface area (Å²) in [5.41, 5.74) is 0. The van der Waals surface area contributed by atoms with Crippen molar-refractivity contribution in [2.45, 2.75) is 0 Å². The van der Waals surface area contributed by atoms with Gasteiger partial charge in [0.05, 0.1) is 22.5 Å². The van der Waals surface area contributed by atoms with Crippen LogP contribution in [0.3, 0.4) is 0 Å². The van der Waals surface area contributed by atoms with Crippen LogP contribution >= 0.6 is 27.3 Å². The van der Waals surface area contributed by atoms with Crippen LogP contribution in [0.15, 0.2) is 47.2 Å². The van der Waals surface area contributed by atoms with Crippen molar-refractivity contribution in [3.63, 3.8) is 0 Å². The zero-order valence-corrected chi connectivity index (χ0v) is 13.4. The first-order chi connectivity index (χ1) is 10.2. The normalized spacial score (nSPS) is 10.6. The second-order valence-corrected chi connectivity index (χ2v) is 6.12. The Morgan fingerprint density at radius 3 is 2.81 bits per heavy atom. The summed E-state index contributed by atoms with van der Waals surface area (Å²) in [5, 5.41) is 0.839. The molecule has 2 heterocycles. The lowest BCUT2D eigenvalue weighted by Gasteiger charge is -2.07. The molecule has 0 aliphatic rings. The average Bonchev–Trinajstić information content (AvgIpc) is 2.94. The highest BCUT2D eigenvalue weighted by atomic mass is 79.9. The molecule has 0 fully saturated rings. The fraction of sp³-hybridized carbons (Fsp3) is 0.0667. The lowest BCUT2D eigenvalue weighted by atomic mass is 10.3. The van der Waals surface area contributed by atoms with Gasteiger partial charge in [-0.3, -0.25) is 4.98 Å². The van der Waals surface area contributed by atoms with Crippen LogP contribution in [-0.4, -0.2) is 18.1 Å². The number of para-hydroxylation sites is 1. The van der Waals surface area contributed by atoms with Crippen LogP contribution in [0.1, 0.15) is 9.67 Å². The van der Waals surface area contributed by atoms with Gasteiger partial charge in [0.25, 0.3) is 0 Å². The summed E-state index contributed by atoms with van der Waals surface area (Å²) >= 11 is 4.77. The SMILES string of the molecule is COC(=O)c1cc2c(Oc3ccccc3Br)cncc2s1. The highest BCUT2D eigenvalue weighted by Crippen LogP contribution is 2.36. The molecule has 0 aliphatic heterocycles. The van der Waals surface area contributed by atoms with Crippen molar-refractivity contribution in [1.82, 2.24) is 4.98 Å². The van der Waals surface area contributed by atoms with E-state index in [-0.39, 0.29) is 5.97 Å². The molecule has 0 bridgehead atoms. The van der Waals surface area contributed by atoms with E-state index in [1.165, 1.54) is 18.4 Å². The summed E-state index contributed by atoms with van der Waals surface area (Å²) in [6, 6.07) is 9.32. The minimum atomic E-state index is -0.358. The Bertz CT molecular complexity index is 816. The molecule has 3 aromatic rings. The molecule has 0 saturated heterocycles. The molecule has 4 nitrogen and oxygen atoms in total. The lowest BCUT2D eigenvalue weighted by molar-refractivity contribution is 0.0606. The highest BCUT2D eigenvalue weighted by Gasteiger charge is 2.14. The predicted molar refractivity (Wildman–Crippen MR) is 85.2 cm³/mol. The van der Waals surface area contributed by atoms with Gasteiger partial charge in [-0.15, -0.1) is 11.3 Å². The first kappa shape index (κ1) is 14.0. The second-order valence-electron chi connectivity index (χ2n) is 4.18. The number of nitrogens with zero attached hydrogens (tertiary/aromatic N) is 1. The number of carbonyl (C=O) groups is 1. The number of hydrogen-bond donors (Lipinski definition) is 0. The van der Waals surface area contributed by atoms with Gasteiger partial charge in [0.15, 0.2) is 5.75 Å².